The number of nitrogens with zero attached hydrogens (tertiary/aromatic N) is 1. The van der Waals surface area contributed by atoms with Gasteiger partial charge in [0.2, 0.25) is 0 Å². The fourth-order valence-electron chi connectivity index (χ4n) is 1.42. The molecule has 0 aromatic heterocycles. The summed E-state index contributed by atoms with van der Waals surface area (Å²) in [7, 11) is 0. The van der Waals surface area contributed by atoms with E-state index in [2.05, 4.69) is 21.2 Å². The first-order valence-corrected chi connectivity index (χ1v) is 7.24. The maximum Gasteiger partial charge on any atom is 0.264 e. The summed E-state index contributed by atoms with van der Waals surface area (Å²) in [6, 6.07) is 7.29. The van der Waals surface area contributed by atoms with E-state index in [1.165, 1.54) is 0 Å². The Morgan fingerprint density at radius 1 is 1.32 bits per heavy atom. The Balaban J connectivity index is 2.39. The van der Waals surface area contributed by atoms with Crippen LogP contribution in [0.1, 0.15) is 13.8 Å². The van der Waals surface area contributed by atoms with E-state index in [1.807, 2.05) is 30.9 Å². The second kappa shape index (κ2) is 8.12. The Bertz CT molecular complexity index is 433. The van der Waals surface area contributed by atoms with E-state index >= 15 is 0 Å². The minimum absolute atomic E-state index is 0.0525. The SMILES string of the molecule is CCN(CC)C(=S)NC(=O)COc1ccc(Br)cc1. The van der Waals surface area contributed by atoms with Gasteiger partial charge in [-0.15, -0.1) is 0 Å². The Kier molecular flexibility index (Phi) is 6.80. The molecule has 0 bridgehead atoms. The molecule has 1 aromatic rings. The van der Waals surface area contributed by atoms with Gasteiger partial charge in [0.15, 0.2) is 11.7 Å². The average Bonchev–Trinajstić information content (AvgIpc) is 2.39. The monoisotopic (exact) mass is 344 g/mol. The van der Waals surface area contributed by atoms with Crippen molar-refractivity contribution in [3.8, 4) is 5.75 Å². The van der Waals surface area contributed by atoms with Crippen molar-refractivity contribution in [2.24, 2.45) is 0 Å². The van der Waals surface area contributed by atoms with Crippen molar-refractivity contribution in [2.45, 2.75) is 13.8 Å². The predicted octanol–water partition coefficient (Wildman–Crippen LogP) is 2.57. The minimum atomic E-state index is -0.250. The molecule has 0 aliphatic rings. The van der Waals surface area contributed by atoms with Gasteiger partial charge in [0, 0.05) is 17.6 Å². The summed E-state index contributed by atoms with van der Waals surface area (Å²) >= 11 is 8.46. The second-order valence-electron chi connectivity index (χ2n) is 3.77. The molecule has 0 heterocycles. The number of hydrogen-bond donors (Lipinski definition) is 1. The molecule has 104 valence electrons. The third-order valence-corrected chi connectivity index (χ3v) is 3.37. The second-order valence-corrected chi connectivity index (χ2v) is 5.07. The van der Waals surface area contributed by atoms with Gasteiger partial charge in [0.1, 0.15) is 5.75 Å². The zero-order valence-corrected chi connectivity index (χ0v) is 13.4. The highest BCUT2D eigenvalue weighted by Crippen LogP contribution is 2.15. The first kappa shape index (κ1) is 15.9. The number of carbonyl (C=O) groups excluding carboxylic acids is 1. The quantitative estimate of drug-likeness (QED) is 0.833. The lowest BCUT2D eigenvalue weighted by Crippen LogP contribution is -2.44. The number of benzene rings is 1. The summed E-state index contributed by atoms with van der Waals surface area (Å²) in [6.45, 7) is 5.45. The smallest absolute Gasteiger partial charge is 0.264 e. The van der Waals surface area contributed by atoms with Gasteiger partial charge in [-0.1, -0.05) is 15.9 Å². The minimum Gasteiger partial charge on any atom is -0.484 e. The molecule has 1 amide bonds. The molecule has 1 rings (SSSR count). The van der Waals surface area contributed by atoms with Crippen molar-refractivity contribution in [1.82, 2.24) is 10.2 Å². The number of nitrogens with one attached hydrogen (secondary N) is 1. The first-order chi connectivity index (χ1) is 9.06. The number of amides is 1. The topological polar surface area (TPSA) is 41.6 Å². The lowest BCUT2D eigenvalue weighted by molar-refractivity contribution is -0.121. The summed E-state index contributed by atoms with van der Waals surface area (Å²) in [5.74, 6) is 0.395. The molecule has 1 N–H and O–H groups in total. The molecule has 19 heavy (non-hydrogen) atoms. The molecular weight excluding hydrogens is 328 g/mol. The van der Waals surface area contributed by atoms with Gasteiger partial charge in [0.25, 0.3) is 5.91 Å². The fourth-order valence-corrected chi connectivity index (χ4v) is 2.06. The van der Waals surface area contributed by atoms with Crippen molar-refractivity contribution < 1.29 is 9.53 Å². The van der Waals surface area contributed by atoms with E-state index < -0.39 is 0 Å². The molecule has 0 saturated heterocycles. The van der Waals surface area contributed by atoms with Crippen LogP contribution in [0, 0.1) is 0 Å². The number of halogens is 1. The van der Waals surface area contributed by atoms with E-state index in [9.17, 15) is 4.79 Å². The third-order valence-electron chi connectivity index (χ3n) is 2.48. The van der Waals surface area contributed by atoms with Crippen LogP contribution in [0.2, 0.25) is 0 Å². The summed E-state index contributed by atoms with van der Waals surface area (Å²) in [5.41, 5.74) is 0. The van der Waals surface area contributed by atoms with E-state index in [1.54, 1.807) is 12.1 Å². The molecule has 0 aliphatic carbocycles. The van der Waals surface area contributed by atoms with Crippen LogP contribution in [0.25, 0.3) is 0 Å². The van der Waals surface area contributed by atoms with Crippen molar-refractivity contribution in [1.29, 1.82) is 0 Å². The van der Waals surface area contributed by atoms with Crippen LogP contribution >= 0.6 is 28.1 Å². The van der Waals surface area contributed by atoms with Crippen LogP contribution in [0.15, 0.2) is 28.7 Å². The summed E-state index contributed by atoms with van der Waals surface area (Å²) in [5, 5.41) is 3.09. The largest absolute Gasteiger partial charge is 0.484 e. The number of carbonyl (C=O) groups is 1. The van der Waals surface area contributed by atoms with Gasteiger partial charge < -0.3 is 15.0 Å². The highest BCUT2D eigenvalue weighted by atomic mass is 79.9. The van der Waals surface area contributed by atoms with Crippen molar-refractivity contribution in [2.75, 3.05) is 19.7 Å². The van der Waals surface area contributed by atoms with Gasteiger partial charge in [0.05, 0.1) is 0 Å². The molecule has 0 atom stereocenters. The third kappa shape index (κ3) is 5.57. The molecule has 0 spiro atoms. The maximum atomic E-state index is 11.7. The van der Waals surface area contributed by atoms with E-state index in [0.29, 0.717) is 10.9 Å². The van der Waals surface area contributed by atoms with Gasteiger partial charge >= 0.3 is 0 Å². The molecule has 4 nitrogen and oxygen atoms in total. The Hall–Kier alpha value is -1.14. The van der Waals surface area contributed by atoms with Crippen molar-refractivity contribution in [3.63, 3.8) is 0 Å². The number of ether oxygens (including phenoxy) is 1. The molecule has 0 aliphatic heterocycles. The predicted molar refractivity (Wildman–Crippen MR) is 83.3 cm³/mol. The summed E-state index contributed by atoms with van der Waals surface area (Å²) < 4.78 is 6.32. The Labute approximate surface area is 127 Å². The fraction of sp³-hybridized carbons (Fsp3) is 0.385. The highest BCUT2D eigenvalue weighted by molar-refractivity contribution is 9.10. The summed E-state index contributed by atoms with van der Waals surface area (Å²) in [4.78, 5) is 13.6. The van der Waals surface area contributed by atoms with Gasteiger partial charge in [-0.05, 0) is 50.3 Å². The molecular formula is C13H17BrN2O2S. The van der Waals surface area contributed by atoms with Crippen LogP contribution in [-0.2, 0) is 4.79 Å². The summed E-state index contributed by atoms with van der Waals surface area (Å²) in [6.07, 6.45) is 0. The van der Waals surface area contributed by atoms with E-state index in [0.717, 1.165) is 17.6 Å². The van der Waals surface area contributed by atoms with E-state index in [4.69, 9.17) is 17.0 Å². The molecule has 0 unspecified atom stereocenters. The molecule has 6 heteroatoms. The Morgan fingerprint density at radius 2 is 1.89 bits per heavy atom. The lowest BCUT2D eigenvalue weighted by atomic mass is 10.3. The zero-order chi connectivity index (χ0) is 14.3. The molecule has 1 aromatic carbocycles. The Morgan fingerprint density at radius 3 is 2.42 bits per heavy atom. The zero-order valence-electron chi connectivity index (χ0n) is 11.0. The molecule has 0 radical (unpaired) electrons. The molecule has 0 fully saturated rings. The number of hydrogen-bond acceptors (Lipinski definition) is 3. The lowest BCUT2D eigenvalue weighted by Gasteiger charge is -2.21. The van der Waals surface area contributed by atoms with Gasteiger partial charge in [-0.2, -0.15) is 0 Å². The normalized spacial score (nSPS) is 9.84. The van der Waals surface area contributed by atoms with Crippen LogP contribution in [0.4, 0.5) is 0 Å². The van der Waals surface area contributed by atoms with Crippen LogP contribution in [-0.4, -0.2) is 35.6 Å². The van der Waals surface area contributed by atoms with E-state index in [-0.39, 0.29) is 12.5 Å². The standard InChI is InChI=1S/C13H17BrN2O2S/c1-3-16(4-2)13(19)15-12(17)9-18-11-7-5-10(14)6-8-11/h5-8H,3-4,9H2,1-2H3,(H,15,17,19). The van der Waals surface area contributed by atoms with Crippen LogP contribution in [0.5, 0.6) is 5.75 Å². The average molecular weight is 345 g/mol. The van der Waals surface area contributed by atoms with Gasteiger partial charge in [-0.25, -0.2) is 0 Å². The first-order valence-electron chi connectivity index (χ1n) is 6.04. The number of thiocarbonyl (C=S) groups is 1. The van der Waals surface area contributed by atoms with Crippen LogP contribution in [0.3, 0.4) is 0 Å². The van der Waals surface area contributed by atoms with Crippen LogP contribution < -0.4 is 10.1 Å². The number of rotatable bonds is 5. The van der Waals surface area contributed by atoms with Crippen molar-refractivity contribution >= 4 is 39.2 Å². The maximum absolute atomic E-state index is 11.7. The van der Waals surface area contributed by atoms with Gasteiger partial charge in [-0.3, -0.25) is 4.79 Å². The van der Waals surface area contributed by atoms with Crippen molar-refractivity contribution in [3.05, 3.63) is 28.7 Å². The molecule has 0 saturated carbocycles. The highest BCUT2D eigenvalue weighted by Gasteiger charge is 2.09.